The normalized spacial score (nSPS) is 39.9. The van der Waals surface area contributed by atoms with Crippen LogP contribution in [0, 0.1) is 53.3 Å². The van der Waals surface area contributed by atoms with Crippen LogP contribution in [0.5, 0.6) is 0 Å². The zero-order chi connectivity index (χ0) is 24.8. The van der Waals surface area contributed by atoms with Gasteiger partial charge >= 0.3 is 0 Å². The molecule has 1 aromatic carbocycles. The topological polar surface area (TPSA) is 43.4 Å². The molecule has 0 saturated heterocycles. The maximum Gasteiger partial charge on any atom is 0.296 e. The first-order chi connectivity index (χ1) is 16.6. The van der Waals surface area contributed by atoms with Gasteiger partial charge in [0, 0.05) is 0 Å². The van der Waals surface area contributed by atoms with Gasteiger partial charge < -0.3 is 0 Å². The van der Waals surface area contributed by atoms with Crippen LogP contribution in [0.3, 0.4) is 0 Å². The fourth-order valence-corrected chi connectivity index (χ4v) is 10.8. The van der Waals surface area contributed by atoms with Gasteiger partial charge in [-0.1, -0.05) is 51.3 Å². The van der Waals surface area contributed by atoms with Crippen LogP contribution < -0.4 is 0 Å². The van der Waals surface area contributed by atoms with Crippen molar-refractivity contribution < 1.29 is 12.6 Å². The molecule has 196 valence electrons. The van der Waals surface area contributed by atoms with E-state index < -0.39 is 10.1 Å². The Morgan fingerprint density at radius 3 is 2.43 bits per heavy atom. The number of hydrogen-bond donors (Lipinski definition) is 0. The molecule has 0 spiro atoms. The first kappa shape index (κ1) is 25.8. The van der Waals surface area contributed by atoms with Gasteiger partial charge in [-0.05, 0) is 130 Å². The number of aryl methyl sites for hydroxylation is 1. The molecule has 0 radical (unpaired) electrons. The van der Waals surface area contributed by atoms with Gasteiger partial charge in [-0.15, -0.1) is 0 Å². The highest BCUT2D eigenvalue weighted by molar-refractivity contribution is 7.86. The molecule has 0 amide bonds. The summed E-state index contributed by atoms with van der Waals surface area (Å²) in [5.41, 5.74) is 2.15. The predicted molar refractivity (Wildman–Crippen MR) is 143 cm³/mol. The Morgan fingerprint density at radius 1 is 0.914 bits per heavy atom. The van der Waals surface area contributed by atoms with E-state index in [1.165, 1.54) is 64.2 Å². The minimum absolute atomic E-state index is 0.264. The summed E-state index contributed by atoms with van der Waals surface area (Å²) in [5.74, 6) is 5.23. The molecule has 8 atom stereocenters. The van der Waals surface area contributed by atoms with E-state index in [4.69, 9.17) is 4.18 Å². The molecule has 4 fully saturated rings. The summed E-state index contributed by atoms with van der Waals surface area (Å²) < 4.78 is 30.4. The molecule has 35 heavy (non-hydrogen) atoms. The van der Waals surface area contributed by atoms with E-state index in [9.17, 15) is 8.42 Å². The van der Waals surface area contributed by atoms with Crippen LogP contribution in [0.25, 0.3) is 0 Å². The van der Waals surface area contributed by atoms with E-state index in [-0.39, 0.29) is 11.5 Å². The number of rotatable bonds is 7. The number of fused-ring (bicyclic) bond motifs is 5. The fourth-order valence-electron chi connectivity index (χ4n) is 9.82. The molecule has 4 aliphatic rings. The maximum absolute atomic E-state index is 12.5. The van der Waals surface area contributed by atoms with Gasteiger partial charge in [-0.25, -0.2) is 0 Å². The van der Waals surface area contributed by atoms with Gasteiger partial charge in [-0.3, -0.25) is 4.18 Å². The van der Waals surface area contributed by atoms with Gasteiger partial charge in [0.1, 0.15) is 0 Å². The lowest BCUT2D eigenvalue weighted by Gasteiger charge is -2.61. The Morgan fingerprint density at radius 2 is 1.66 bits per heavy atom. The van der Waals surface area contributed by atoms with Crippen LogP contribution in [-0.2, 0) is 14.3 Å². The summed E-state index contributed by atoms with van der Waals surface area (Å²) in [6, 6.07) is 6.94. The predicted octanol–water partition coefficient (Wildman–Crippen LogP) is 8.17. The second-order valence-electron chi connectivity index (χ2n) is 13.3. The zero-order valence-electron chi connectivity index (χ0n) is 22.6. The minimum atomic E-state index is -3.65. The average molecular weight is 501 g/mol. The van der Waals surface area contributed by atoms with E-state index in [0.29, 0.717) is 16.7 Å². The highest BCUT2D eigenvalue weighted by atomic mass is 32.2. The summed E-state index contributed by atoms with van der Waals surface area (Å²) in [6.07, 6.45) is 16.4. The Bertz CT molecular complexity index is 985. The smallest absolute Gasteiger partial charge is 0.266 e. The van der Waals surface area contributed by atoms with Crippen molar-refractivity contribution in [3.05, 3.63) is 29.8 Å². The summed E-state index contributed by atoms with van der Waals surface area (Å²) in [5, 5.41) is 0. The molecular formula is C31H48O3S. The van der Waals surface area contributed by atoms with Crippen LogP contribution >= 0.6 is 0 Å². The van der Waals surface area contributed by atoms with Crippen molar-refractivity contribution in [2.45, 2.75) is 110 Å². The van der Waals surface area contributed by atoms with E-state index in [1.807, 2.05) is 19.1 Å². The average Bonchev–Trinajstić information content (AvgIpc) is 3.19. The Kier molecular flexibility index (Phi) is 7.20. The molecule has 0 heterocycles. The third-order valence-corrected chi connectivity index (χ3v) is 13.0. The summed E-state index contributed by atoms with van der Waals surface area (Å²) >= 11 is 0. The van der Waals surface area contributed by atoms with Crippen molar-refractivity contribution in [1.29, 1.82) is 0 Å². The van der Waals surface area contributed by atoms with Crippen molar-refractivity contribution in [2.75, 3.05) is 6.61 Å². The summed E-state index contributed by atoms with van der Waals surface area (Å²) in [6.45, 7) is 9.99. The summed E-state index contributed by atoms with van der Waals surface area (Å²) in [4.78, 5) is 0.264. The van der Waals surface area contributed by atoms with Crippen molar-refractivity contribution in [3.63, 3.8) is 0 Å². The molecule has 4 heteroatoms. The van der Waals surface area contributed by atoms with Gasteiger partial charge in [0.05, 0.1) is 11.5 Å². The molecule has 0 N–H and O–H groups in total. The molecule has 1 aromatic rings. The van der Waals surface area contributed by atoms with Crippen molar-refractivity contribution in [1.82, 2.24) is 0 Å². The van der Waals surface area contributed by atoms with Crippen molar-refractivity contribution in [3.8, 4) is 0 Å². The van der Waals surface area contributed by atoms with E-state index >= 15 is 0 Å². The second-order valence-corrected chi connectivity index (χ2v) is 15.0. The lowest BCUT2D eigenvalue weighted by molar-refractivity contribution is -0.114. The second kappa shape index (κ2) is 9.78. The molecule has 0 aromatic heterocycles. The maximum atomic E-state index is 12.5. The number of hydrogen-bond acceptors (Lipinski definition) is 3. The minimum Gasteiger partial charge on any atom is -0.266 e. The Balaban J connectivity index is 1.17. The molecule has 5 rings (SSSR count). The lowest BCUT2D eigenvalue weighted by atomic mass is 9.44. The lowest BCUT2D eigenvalue weighted by Crippen LogP contribution is -2.53. The van der Waals surface area contributed by atoms with Crippen LogP contribution in [-0.4, -0.2) is 15.0 Å². The summed E-state index contributed by atoms with van der Waals surface area (Å²) in [7, 11) is -3.65. The van der Waals surface area contributed by atoms with Crippen LogP contribution in [0.2, 0.25) is 0 Å². The standard InChI is InChI=1S/C31H48O3S/c1-22-10-13-25(14-11-22)35(32,33)34-21-7-8-23(2)27-16-17-28-26-15-12-24-9-5-6-19-30(24,3)29(26)18-20-31(27,28)4/h10-11,13-14,23-24,26-29H,5-9,12,15-21H2,1-4H3/t23-,24?,26+,27-,28+,29+,30+,31-/m1/s1. The third kappa shape index (κ3) is 4.65. The molecule has 0 bridgehead atoms. The molecule has 0 aliphatic heterocycles. The molecule has 3 nitrogen and oxygen atoms in total. The van der Waals surface area contributed by atoms with Crippen LogP contribution in [0.1, 0.15) is 103 Å². The van der Waals surface area contributed by atoms with Crippen molar-refractivity contribution in [2.24, 2.45) is 46.3 Å². The first-order valence-electron chi connectivity index (χ1n) is 14.6. The van der Waals surface area contributed by atoms with E-state index in [2.05, 4.69) is 20.8 Å². The largest absolute Gasteiger partial charge is 0.296 e. The zero-order valence-corrected chi connectivity index (χ0v) is 23.4. The van der Waals surface area contributed by atoms with E-state index in [1.54, 1.807) is 12.1 Å². The van der Waals surface area contributed by atoms with E-state index in [0.717, 1.165) is 48.0 Å². The molecule has 4 saturated carbocycles. The SMILES string of the molecule is Cc1ccc(S(=O)(=O)OCCC[C@@H](C)[C@H]2CC[C@H]3[C@@H]4CCC5CCCC[C@]5(C)[C@H]4CC[C@]23C)cc1. The van der Waals surface area contributed by atoms with Gasteiger partial charge in [0.25, 0.3) is 10.1 Å². The third-order valence-electron chi connectivity index (χ3n) is 11.7. The monoisotopic (exact) mass is 500 g/mol. The highest BCUT2D eigenvalue weighted by Gasteiger charge is 2.60. The highest BCUT2D eigenvalue weighted by Crippen LogP contribution is 2.68. The molecular weight excluding hydrogens is 452 g/mol. The van der Waals surface area contributed by atoms with Gasteiger partial charge in [0.15, 0.2) is 0 Å². The van der Waals surface area contributed by atoms with Crippen LogP contribution in [0.4, 0.5) is 0 Å². The van der Waals surface area contributed by atoms with Gasteiger partial charge in [-0.2, -0.15) is 8.42 Å². The fraction of sp³-hybridized carbons (Fsp3) is 0.806. The first-order valence-corrected chi connectivity index (χ1v) is 16.0. The Hall–Kier alpha value is -0.870. The van der Waals surface area contributed by atoms with Crippen molar-refractivity contribution >= 4 is 10.1 Å². The number of benzene rings is 1. The van der Waals surface area contributed by atoms with Gasteiger partial charge in [0.2, 0.25) is 0 Å². The molecule has 4 aliphatic carbocycles. The quantitative estimate of drug-likeness (QED) is 0.280. The van der Waals surface area contributed by atoms with Crippen LogP contribution in [0.15, 0.2) is 29.2 Å². The molecule has 1 unspecified atom stereocenters. The Labute approximate surface area is 214 Å².